The van der Waals surface area contributed by atoms with Gasteiger partial charge in [-0.15, -0.1) is 0 Å². The highest BCUT2D eigenvalue weighted by Gasteiger charge is 2.25. The highest BCUT2D eigenvalue weighted by atomic mass is 35.5. The van der Waals surface area contributed by atoms with Gasteiger partial charge in [0, 0.05) is 34.0 Å². The van der Waals surface area contributed by atoms with E-state index in [4.69, 9.17) is 0 Å². The van der Waals surface area contributed by atoms with Crippen molar-refractivity contribution in [3.8, 4) is 16.9 Å². The van der Waals surface area contributed by atoms with Crippen molar-refractivity contribution in [1.29, 1.82) is 0 Å². The fourth-order valence-corrected chi connectivity index (χ4v) is 4.33. The number of hydrogen-bond donors (Lipinski definition) is 1. The van der Waals surface area contributed by atoms with Crippen LogP contribution in [0, 0.1) is 15.9 Å². The third-order valence-electron chi connectivity index (χ3n) is 5.80. The highest BCUT2D eigenvalue weighted by Crippen LogP contribution is 2.34. The molecule has 3 aromatic heterocycles. The molecule has 8 heteroatoms. The number of aromatic nitrogens is 3. The second-order valence-corrected chi connectivity index (χ2v) is 7.65. The first-order valence-electron chi connectivity index (χ1n) is 10.1. The number of nitro benzene ring substituents is 1. The molecule has 0 fully saturated rings. The van der Waals surface area contributed by atoms with Gasteiger partial charge < -0.3 is 17.4 Å². The molecule has 0 aliphatic rings. The molecule has 0 saturated carbocycles. The molecule has 6 rings (SSSR count). The zero-order valence-electron chi connectivity index (χ0n) is 17.1. The quantitative estimate of drug-likeness (QED) is 0.251. The normalized spacial score (nSPS) is 11.2. The number of fused-ring (bicyclic) bond motifs is 5. The lowest BCUT2D eigenvalue weighted by Crippen LogP contribution is -3.00. The maximum Gasteiger partial charge on any atom is 0.269 e. The number of nitrogens with one attached hydrogen (secondary N) is 1. The number of para-hydroxylation sites is 1. The monoisotopic (exact) mass is 458 g/mol. The molecule has 0 unspecified atom stereocenters. The smallest absolute Gasteiger partial charge is 0.269 e. The summed E-state index contributed by atoms with van der Waals surface area (Å²) in [6.45, 7) is 0. The zero-order chi connectivity index (χ0) is 21.8. The van der Waals surface area contributed by atoms with Crippen molar-refractivity contribution in [2.45, 2.75) is 0 Å². The van der Waals surface area contributed by atoms with Gasteiger partial charge in [-0.3, -0.25) is 10.1 Å². The summed E-state index contributed by atoms with van der Waals surface area (Å²) < 4.78 is 17.6. The SMILES string of the molecule is O=[N+]([O-])c1ccc(-c2c3c4[nH]c5ccccc5c4cc[n+]3cn2-c2ccc(F)cc2)cc1.[Cl-]. The Morgan fingerprint density at radius 2 is 1.64 bits per heavy atom. The summed E-state index contributed by atoms with van der Waals surface area (Å²) in [4.78, 5) is 14.3. The molecule has 6 nitrogen and oxygen atoms in total. The molecule has 162 valence electrons. The lowest BCUT2D eigenvalue weighted by atomic mass is 10.1. The second kappa shape index (κ2) is 7.72. The molecule has 3 aromatic carbocycles. The van der Waals surface area contributed by atoms with Gasteiger partial charge in [0.2, 0.25) is 5.52 Å². The highest BCUT2D eigenvalue weighted by molar-refractivity contribution is 6.13. The molecule has 0 bridgehead atoms. The minimum absolute atomic E-state index is 0. The minimum Gasteiger partial charge on any atom is -1.00 e. The number of H-pyrrole nitrogens is 1. The Morgan fingerprint density at radius 1 is 0.909 bits per heavy atom. The third-order valence-corrected chi connectivity index (χ3v) is 5.80. The number of pyridine rings is 1. The molecular formula is C25H16ClFN4O2. The predicted molar refractivity (Wildman–Crippen MR) is 120 cm³/mol. The predicted octanol–water partition coefficient (Wildman–Crippen LogP) is 2.57. The van der Waals surface area contributed by atoms with E-state index in [2.05, 4.69) is 17.1 Å². The van der Waals surface area contributed by atoms with Crippen molar-refractivity contribution in [3.63, 3.8) is 0 Å². The van der Waals surface area contributed by atoms with Gasteiger partial charge in [-0.05, 0) is 48.5 Å². The van der Waals surface area contributed by atoms with Gasteiger partial charge in [-0.2, -0.15) is 8.97 Å². The van der Waals surface area contributed by atoms with Crippen LogP contribution in [0.3, 0.4) is 0 Å². The third kappa shape index (κ3) is 3.21. The van der Waals surface area contributed by atoms with Crippen LogP contribution in [0.15, 0.2) is 91.4 Å². The number of non-ortho nitro benzene ring substituents is 1. The summed E-state index contributed by atoms with van der Waals surface area (Å²) in [5.41, 5.74) is 5.39. The van der Waals surface area contributed by atoms with Gasteiger partial charge in [-0.1, -0.05) is 18.2 Å². The van der Waals surface area contributed by atoms with Crippen molar-refractivity contribution in [2.75, 3.05) is 0 Å². The largest absolute Gasteiger partial charge is 1.00 e. The summed E-state index contributed by atoms with van der Waals surface area (Å²) in [7, 11) is 0. The summed E-state index contributed by atoms with van der Waals surface area (Å²) in [6, 6.07) is 22.9. The van der Waals surface area contributed by atoms with Crippen molar-refractivity contribution >= 4 is 33.0 Å². The maximum absolute atomic E-state index is 13.6. The van der Waals surface area contributed by atoms with Crippen LogP contribution in [0.25, 0.3) is 44.3 Å². The van der Waals surface area contributed by atoms with E-state index in [1.54, 1.807) is 24.3 Å². The molecule has 6 aromatic rings. The van der Waals surface area contributed by atoms with Gasteiger partial charge in [0.05, 0.1) is 16.6 Å². The average molecular weight is 459 g/mol. The molecular weight excluding hydrogens is 443 g/mol. The molecule has 0 atom stereocenters. The maximum atomic E-state index is 13.6. The summed E-state index contributed by atoms with van der Waals surface area (Å²) in [5, 5.41) is 13.4. The first-order chi connectivity index (χ1) is 15.6. The van der Waals surface area contributed by atoms with E-state index in [0.717, 1.165) is 44.3 Å². The number of hydrogen-bond acceptors (Lipinski definition) is 2. The number of halogens is 2. The van der Waals surface area contributed by atoms with Crippen molar-refractivity contribution in [2.24, 2.45) is 0 Å². The van der Waals surface area contributed by atoms with Crippen LogP contribution < -0.4 is 16.8 Å². The van der Waals surface area contributed by atoms with Crippen LogP contribution in [0.4, 0.5) is 10.1 Å². The lowest BCUT2D eigenvalue weighted by molar-refractivity contribution is -0.510. The molecule has 0 radical (unpaired) electrons. The number of nitrogens with zero attached hydrogens (tertiary/aromatic N) is 3. The fourth-order valence-electron chi connectivity index (χ4n) is 4.33. The van der Waals surface area contributed by atoms with Gasteiger partial charge in [0.25, 0.3) is 12.0 Å². The first-order valence-corrected chi connectivity index (χ1v) is 10.1. The van der Waals surface area contributed by atoms with Crippen LogP contribution >= 0.6 is 0 Å². The van der Waals surface area contributed by atoms with E-state index in [-0.39, 0.29) is 23.9 Å². The van der Waals surface area contributed by atoms with Crippen LogP contribution in [0.2, 0.25) is 0 Å². The van der Waals surface area contributed by atoms with Gasteiger partial charge in [0.15, 0.2) is 5.69 Å². The Bertz CT molecular complexity index is 1650. The number of benzene rings is 3. The van der Waals surface area contributed by atoms with Gasteiger partial charge >= 0.3 is 0 Å². The van der Waals surface area contributed by atoms with Crippen LogP contribution in [0.5, 0.6) is 0 Å². The molecule has 33 heavy (non-hydrogen) atoms. The molecule has 0 spiro atoms. The fraction of sp³-hybridized carbons (Fsp3) is 0. The second-order valence-electron chi connectivity index (χ2n) is 7.65. The van der Waals surface area contributed by atoms with Crippen molar-refractivity contribution < 1.29 is 26.1 Å². The van der Waals surface area contributed by atoms with Crippen molar-refractivity contribution in [1.82, 2.24) is 9.55 Å². The molecule has 3 heterocycles. The van der Waals surface area contributed by atoms with E-state index in [0.29, 0.717) is 0 Å². The van der Waals surface area contributed by atoms with Crippen LogP contribution in [-0.2, 0) is 0 Å². The Balaban J connectivity index is 0.00000228. The Labute approximate surface area is 193 Å². The summed E-state index contributed by atoms with van der Waals surface area (Å²) in [5.74, 6) is -0.312. The molecule has 0 amide bonds. The Morgan fingerprint density at radius 3 is 2.36 bits per heavy atom. The van der Waals surface area contributed by atoms with Crippen molar-refractivity contribution in [3.05, 3.63) is 107 Å². The first kappa shape index (κ1) is 20.7. The average Bonchev–Trinajstić information content (AvgIpc) is 3.38. The van der Waals surface area contributed by atoms with E-state index in [1.165, 1.54) is 24.3 Å². The number of aromatic amines is 1. The van der Waals surface area contributed by atoms with E-state index < -0.39 is 4.92 Å². The summed E-state index contributed by atoms with van der Waals surface area (Å²) >= 11 is 0. The summed E-state index contributed by atoms with van der Waals surface area (Å²) in [6.07, 6.45) is 3.93. The Hall–Kier alpha value is -4.23. The van der Waals surface area contributed by atoms with Crippen LogP contribution in [0.1, 0.15) is 0 Å². The number of nitro groups is 1. The standard InChI is InChI=1S/C25H16FN4O2.ClH/c26-17-7-11-18(12-8-17)29-15-28-14-13-21-20-3-1-2-4-22(20)27-23(21)25(28)24(29)16-5-9-19(10-6-16)30(31)32;/h1-15,27H;1H/q+1;/p-1. The minimum atomic E-state index is -0.411. The van der Waals surface area contributed by atoms with E-state index in [9.17, 15) is 14.5 Å². The van der Waals surface area contributed by atoms with E-state index in [1.807, 2.05) is 39.7 Å². The number of imidazole rings is 1. The van der Waals surface area contributed by atoms with Crippen LogP contribution in [-0.4, -0.2) is 14.5 Å². The molecule has 1 N–H and O–H groups in total. The molecule has 0 aliphatic carbocycles. The number of rotatable bonds is 3. The molecule has 0 aliphatic heterocycles. The topological polar surface area (TPSA) is 68.0 Å². The Kier molecular flexibility index (Phi) is 4.83. The van der Waals surface area contributed by atoms with Gasteiger partial charge in [0.1, 0.15) is 11.5 Å². The lowest BCUT2D eigenvalue weighted by Gasteiger charge is -2.03. The van der Waals surface area contributed by atoms with E-state index >= 15 is 0 Å². The van der Waals surface area contributed by atoms with Gasteiger partial charge in [-0.25, -0.2) is 4.39 Å². The zero-order valence-corrected chi connectivity index (χ0v) is 17.8. The molecule has 0 saturated heterocycles.